The molecule has 4 heterocycles. The number of carboxylic acid groups (broad SMARTS) is 3. The molecule has 2 saturated heterocycles. The second kappa shape index (κ2) is 16.3. The van der Waals surface area contributed by atoms with Crippen molar-refractivity contribution in [2.45, 2.75) is 69.9 Å². The first-order valence-corrected chi connectivity index (χ1v) is 12.5. The van der Waals surface area contributed by atoms with Crippen LogP contribution in [0.3, 0.4) is 0 Å². The van der Waals surface area contributed by atoms with Crippen molar-refractivity contribution in [3.8, 4) is 0 Å². The number of halogens is 9. The van der Waals surface area contributed by atoms with Crippen LogP contribution in [0.5, 0.6) is 0 Å². The molecule has 0 aromatic carbocycles. The first-order valence-electron chi connectivity index (χ1n) is 12.5. The molecule has 2 atom stereocenters. The van der Waals surface area contributed by atoms with E-state index >= 15 is 0 Å². The number of aromatic nitrogens is 1. The van der Waals surface area contributed by atoms with E-state index in [9.17, 15) is 39.5 Å². The third-order valence-corrected chi connectivity index (χ3v) is 6.07. The van der Waals surface area contributed by atoms with Crippen molar-refractivity contribution in [1.82, 2.24) is 14.8 Å². The van der Waals surface area contributed by atoms with Gasteiger partial charge in [0.1, 0.15) is 11.5 Å². The van der Waals surface area contributed by atoms with Crippen LogP contribution in [0.25, 0.3) is 0 Å². The Labute approximate surface area is 243 Å². The summed E-state index contributed by atoms with van der Waals surface area (Å²) in [5.74, 6) is -6.05. The molecule has 2 aromatic heterocycles. The highest BCUT2D eigenvalue weighted by atomic mass is 19.4. The van der Waals surface area contributed by atoms with E-state index in [2.05, 4.69) is 39.9 Å². The van der Waals surface area contributed by atoms with Crippen LogP contribution in [-0.2, 0) is 33.9 Å². The van der Waals surface area contributed by atoms with Crippen LogP contribution >= 0.6 is 0 Å². The van der Waals surface area contributed by atoms with Gasteiger partial charge in [-0.05, 0) is 36.6 Å². The van der Waals surface area contributed by atoms with E-state index in [4.69, 9.17) is 34.1 Å². The minimum atomic E-state index is -5.08. The fourth-order valence-electron chi connectivity index (χ4n) is 4.18. The van der Waals surface area contributed by atoms with Crippen molar-refractivity contribution >= 4 is 17.9 Å². The standard InChI is InChI=1S/C19H25N3O.3C2HF3O2/c1-2-16-5-6-17(23-16)14-22-11-8-18-19(22)7-10-21(18)13-15-4-3-9-20-12-15;3*3-2(4,5)1(6)7/h3-6,9,12,18-19H,2,7-8,10-11,13-14H2,1H3;3*(H,6,7)/t18-,19+;;;/m0.../s1. The lowest BCUT2D eigenvalue weighted by atomic mass is 10.1. The Bertz CT molecular complexity index is 1150. The number of furan rings is 1. The van der Waals surface area contributed by atoms with E-state index in [-0.39, 0.29) is 0 Å². The number of pyridine rings is 1. The van der Waals surface area contributed by atoms with Gasteiger partial charge in [-0.15, -0.1) is 0 Å². The van der Waals surface area contributed by atoms with Gasteiger partial charge in [0, 0.05) is 50.5 Å². The second-order valence-electron chi connectivity index (χ2n) is 9.14. The predicted octanol–water partition coefficient (Wildman–Crippen LogP) is 4.99. The molecule has 0 amide bonds. The van der Waals surface area contributed by atoms with E-state index in [1.165, 1.54) is 31.5 Å². The summed E-state index contributed by atoms with van der Waals surface area (Å²) in [6, 6.07) is 9.85. The number of rotatable bonds is 5. The predicted molar refractivity (Wildman–Crippen MR) is 131 cm³/mol. The van der Waals surface area contributed by atoms with Gasteiger partial charge in [0.25, 0.3) is 0 Å². The molecule has 248 valence electrons. The Morgan fingerprint density at radius 3 is 1.52 bits per heavy atom. The van der Waals surface area contributed by atoms with E-state index in [1.807, 2.05) is 18.5 Å². The Hall–Kier alpha value is -3.87. The van der Waals surface area contributed by atoms with Gasteiger partial charge in [0.15, 0.2) is 0 Å². The first-order chi connectivity index (χ1) is 20.2. The zero-order valence-corrected chi connectivity index (χ0v) is 22.8. The Morgan fingerprint density at radius 1 is 0.773 bits per heavy atom. The van der Waals surface area contributed by atoms with Crippen LogP contribution < -0.4 is 0 Å². The van der Waals surface area contributed by atoms with Gasteiger partial charge in [-0.2, -0.15) is 39.5 Å². The molecule has 2 aliphatic rings. The maximum absolute atomic E-state index is 10.6. The van der Waals surface area contributed by atoms with Crippen molar-refractivity contribution < 1.29 is 73.6 Å². The second-order valence-corrected chi connectivity index (χ2v) is 9.14. The molecule has 0 saturated carbocycles. The highest BCUT2D eigenvalue weighted by Crippen LogP contribution is 2.33. The highest BCUT2D eigenvalue weighted by Gasteiger charge is 2.42. The van der Waals surface area contributed by atoms with E-state index in [0.29, 0.717) is 12.1 Å². The van der Waals surface area contributed by atoms with Crippen LogP contribution in [-0.4, -0.2) is 91.7 Å². The van der Waals surface area contributed by atoms with Crippen molar-refractivity contribution in [3.05, 3.63) is 53.7 Å². The van der Waals surface area contributed by atoms with Crippen molar-refractivity contribution in [1.29, 1.82) is 0 Å². The maximum atomic E-state index is 10.6. The summed E-state index contributed by atoms with van der Waals surface area (Å²) in [5, 5.41) is 21.4. The minimum absolute atomic E-state index is 0.682. The number of aryl methyl sites for hydroxylation is 1. The molecule has 0 spiro atoms. The maximum Gasteiger partial charge on any atom is 0.490 e. The average molecular weight is 653 g/mol. The van der Waals surface area contributed by atoms with Crippen LogP contribution in [0, 0.1) is 0 Å². The molecule has 2 aliphatic heterocycles. The third kappa shape index (κ3) is 13.2. The van der Waals surface area contributed by atoms with E-state index in [1.54, 1.807) is 0 Å². The summed E-state index contributed by atoms with van der Waals surface area (Å²) in [6.07, 6.45) is -7.89. The van der Waals surface area contributed by atoms with Gasteiger partial charge >= 0.3 is 36.4 Å². The monoisotopic (exact) mass is 653 g/mol. The molecule has 10 nitrogen and oxygen atoms in total. The molecule has 0 radical (unpaired) electrons. The SMILES string of the molecule is CCc1ccc(CN2CC[C@H]3[C@H]2CCN3Cc2cccnc2)o1.O=C(O)C(F)(F)F.O=C(O)C(F)(F)F.O=C(O)C(F)(F)F. The number of hydrogen-bond acceptors (Lipinski definition) is 7. The smallest absolute Gasteiger partial charge is 0.475 e. The molecular formula is C25H28F9N3O7. The van der Waals surface area contributed by atoms with Crippen LogP contribution in [0.2, 0.25) is 0 Å². The molecule has 2 aromatic rings. The third-order valence-electron chi connectivity index (χ3n) is 6.07. The molecular weight excluding hydrogens is 625 g/mol. The van der Waals surface area contributed by atoms with Crippen LogP contribution in [0.4, 0.5) is 39.5 Å². The fourth-order valence-corrected chi connectivity index (χ4v) is 4.18. The van der Waals surface area contributed by atoms with E-state index < -0.39 is 36.4 Å². The molecule has 3 N–H and O–H groups in total. The fraction of sp³-hybridized carbons (Fsp3) is 0.520. The lowest BCUT2D eigenvalue weighted by Gasteiger charge is -2.25. The number of aliphatic carboxylic acids is 3. The molecule has 19 heteroatoms. The molecule has 2 fully saturated rings. The normalized spacial score (nSPS) is 18.5. The summed E-state index contributed by atoms with van der Waals surface area (Å²) in [7, 11) is 0. The van der Waals surface area contributed by atoms with E-state index in [0.717, 1.165) is 31.0 Å². The first kappa shape index (κ1) is 38.2. The van der Waals surface area contributed by atoms with Crippen LogP contribution in [0.15, 0.2) is 41.1 Å². The number of fused-ring (bicyclic) bond motifs is 1. The molecule has 0 bridgehead atoms. The summed E-state index contributed by atoms with van der Waals surface area (Å²) >= 11 is 0. The summed E-state index contributed by atoms with van der Waals surface area (Å²) in [5.41, 5.74) is 1.32. The van der Waals surface area contributed by atoms with Gasteiger partial charge in [-0.25, -0.2) is 14.4 Å². The van der Waals surface area contributed by atoms with Crippen molar-refractivity contribution in [2.24, 2.45) is 0 Å². The van der Waals surface area contributed by atoms with Crippen molar-refractivity contribution in [3.63, 3.8) is 0 Å². The number of likely N-dealkylation sites (tertiary alicyclic amines) is 2. The lowest BCUT2D eigenvalue weighted by Crippen LogP contribution is -2.35. The Kier molecular flexibility index (Phi) is 14.1. The van der Waals surface area contributed by atoms with Gasteiger partial charge in [-0.1, -0.05) is 13.0 Å². The Balaban J connectivity index is 0.000000379. The average Bonchev–Trinajstić information content (AvgIpc) is 3.63. The topological polar surface area (TPSA) is 144 Å². The zero-order chi connectivity index (χ0) is 33.9. The van der Waals surface area contributed by atoms with Gasteiger partial charge < -0.3 is 19.7 Å². The molecule has 44 heavy (non-hydrogen) atoms. The zero-order valence-electron chi connectivity index (χ0n) is 22.8. The van der Waals surface area contributed by atoms with Crippen molar-refractivity contribution in [2.75, 3.05) is 13.1 Å². The van der Waals surface area contributed by atoms with Crippen LogP contribution in [0.1, 0.15) is 36.8 Å². The number of carbonyl (C=O) groups is 3. The molecule has 0 aliphatic carbocycles. The number of alkyl halides is 9. The summed E-state index contributed by atoms with van der Waals surface area (Å²) < 4.78 is 101. The molecule has 0 unspecified atom stereocenters. The van der Waals surface area contributed by atoms with Gasteiger partial charge in [0.05, 0.1) is 6.54 Å². The van der Waals surface area contributed by atoms with Gasteiger partial charge in [0.2, 0.25) is 0 Å². The minimum Gasteiger partial charge on any atom is -0.475 e. The number of hydrogen-bond donors (Lipinski definition) is 3. The Morgan fingerprint density at radius 2 is 1.18 bits per heavy atom. The summed E-state index contributed by atoms with van der Waals surface area (Å²) in [4.78, 5) is 36.2. The number of nitrogens with zero attached hydrogens (tertiary/aromatic N) is 3. The van der Waals surface area contributed by atoms with Gasteiger partial charge in [-0.3, -0.25) is 14.8 Å². The summed E-state index contributed by atoms with van der Waals surface area (Å²) in [6.45, 7) is 6.51. The number of carboxylic acids is 3. The quantitative estimate of drug-likeness (QED) is 0.378. The highest BCUT2D eigenvalue weighted by molar-refractivity contribution is 5.73. The lowest BCUT2D eigenvalue weighted by molar-refractivity contribution is -0.193. The molecule has 4 rings (SSSR count). The largest absolute Gasteiger partial charge is 0.490 e.